The van der Waals surface area contributed by atoms with Crippen LogP contribution in [-0.2, 0) is 6.54 Å². The topological polar surface area (TPSA) is 43.0 Å². The van der Waals surface area contributed by atoms with Crippen molar-refractivity contribution in [2.75, 3.05) is 6.54 Å². The largest absolute Gasteiger partial charge is 0.468 e. The second-order valence-corrected chi connectivity index (χ2v) is 4.82. The normalized spacial score (nSPS) is 13.1. The van der Waals surface area contributed by atoms with Crippen LogP contribution in [0.3, 0.4) is 0 Å². The number of rotatable bonds is 6. The third-order valence-electron chi connectivity index (χ3n) is 3.04. The highest BCUT2D eigenvalue weighted by atomic mass is 16.3. The van der Waals surface area contributed by atoms with Gasteiger partial charge < -0.3 is 14.3 Å². The van der Waals surface area contributed by atoms with Gasteiger partial charge in [-0.3, -0.25) is 0 Å². The second-order valence-electron chi connectivity index (χ2n) is 4.82. The molecule has 0 amide bonds. The van der Waals surface area contributed by atoms with Gasteiger partial charge >= 0.3 is 0 Å². The smallest absolute Gasteiger partial charge is 0.120 e. The van der Waals surface area contributed by atoms with Crippen LogP contribution in [0.5, 0.6) is 0 Å². The van der Waals surface area contributed by atoms with Gasteiger partial charge in [-0.15, -0.1) is 0 Å². The van der Waals surface area contributed by atoms with E-state index in [0.717, 1.165) is 24.7 Å². The minimum absolute atomic E-state index is 0.242. The third kappa shape index (κ3) is 3.01. The SMILES string of the molecule is CC(C)c1nccn1CCNC(C)c1ccco1. The molecular weight excluding hydrogens is 226 g/mol. The number of imidazole rings is 1. The summed E-state index contributed by atoms with van der Waals surface area (Å²) < 4.78 is 7.56. The molecule has 0 fully saturated rings. The first-order valence-electron chi connectivity index (χ1n) is 6.46. The molecule has 4 nitrogen and oxygen atoms in total. The highest BCUT2D eigenvalue weighted by Gasteiger charge is 2.09. The van der Waals surface area contributed by atoms with Gasteiger partial charge in [-0.25, -0.2) is 4.98 Å². The van der Waals surface area contributed by atoms with Crippen LogP contribution < -0.4 is 5.32 Å². The molecule has 4 heteroatoms. The van der Waals surface area contributed by atoms with E-state index < -0.39 is 0 Å². The zero-order valence-electron chi connectivity index (χ0n) is 11.3. The zero-order chi connectivity index (χ0) is 13.0. The fourth-order valence-corrected chi connectivity index (χ4v) is 2.05. The molecule has 0 saturated heterocycles. The van der Waals surface area contributed by atoms with Gasteiger partial charge in [-0.05, 0) is 19.1 Å². The Morgan fingerprint density at radius 2 is 2.22 bits per heavy atom. The van der Waals surface area contributed by atoms with Crippen molar-refractivity contribution in [2.24, 2.45) is 0 Å². The number of nitrogens with one attached hydrogen (secondary N) is 1. The number of hydrogen-bond donors (Lipinski definition) is 1. The molecule has 0 aliphatic carbocycles. The molecule has 2 rings (SSSR count). The molecule has 2 aromatic rings. The Kier molecular flexibility index (Phi) is 4.20. The van der Waals surface area contributed by atoms with Crippen molar-refractivity contribution < 1.29 is 4.42 Å². The maximum atomic E-state index is 5.36. The lowest BCUT2D eigenvalue weighted by molar-refractivity contribution is 0.421. The summed E-state index contributed by atoms with van der Waals surface area (Å²) in [6, 6.07) is 4.15. The highest BCUT2D eigenvalue weighted by molar-refractivity contribution is 5.03. The van der Waals surface area contributed by atoms with E-state index >= 15 is 0 Å². The monoisotopic (exact) mass is 247 g/mol. The quantitative estimate of drug-likeness (QED) is 0.853. The van der Waals surface area contributed by atoms with Gasteiger partial charge in [0.15, 0.2) is 0 Å². The van der Waals surface area contributed by atoms with Gasteiger partial charge in [0.25, 0.3) is 0 Å². The van der Waals surface area contributed by atoms with E-state index in [1.165, 1.54) is 0 Å². The first kappa shape index (κ1) is 12.9. The Balaban J connectivity index is 1.83. The molecule has 0 bridgehead atoms. The van der Waals surface area contributed by atoms with E-state index in [1.54, 1.807) is 6.26 Å². The van der Waals surface area contributed by atoms with Crippen molar-refractivity contribution in [3.8, 4) is 0 Å². The average Bonchev–Trinajstić information content (AvgIpc) is 2.99. The van der Waals surface area contributed by atoms with Crippen molar-refractivity contribution in [2.45, 2.75) is 39.3 Å². The molecule has 0 spiro atoms. The Hall–Kier alpha value is -1.55. The van der Waals surface area contributed by atoms with Crippen molar-refractivity contribution in [1.82, 2.24) is 14.9 Å². The minimum atomic E-state index is 0.242. The van der Waals surface area contributed by atoms with Crippen molar-refractivity contribution in [1.29, 1.82) is 0 Å². The zero-order valence-corrected chi connectivity index (χ0v) is 11.3. The lowest BCUT2D eigenvalue weighted by atomic mass is 10.2. The van der Waals surface area contributed by atoms with E-state index in [0.29, 0.717) is 5.92 Å². The maximum absolute atomic E-state index is 5.36. The Labute approximate surface area is 108 Å². The van der Waals surface area contributed by atoms with Crippen molar-refractivity contribution >= 4 is 0 Å². The average molecular weight is 247 g/mol. The van der Waals surface area contributed by atoms with Crippen molar-refractivity contribution in [3.63, 3.8) is 0 Å². The van der Waals surface area contributed by atoms with Crippen LogP contribution in [0.2, 0.25) is 0 Å². The van der Waals surface area contributed by atoms with Crippen LogP contribution in [0.25, 0.3) is 0 Å². The Morgan fingerprint density at radius 3 is 2.89 bits per heavy atom. The van der Waals surface area contributed by atoms with E-state index in [9.17, 15) is 0 Å². The first-order valence-corrected chi connectivity index (χ1v) is 6.46. The van der Waals surface area contributed by atoms with Crippen molar-refractivity contribution in [3.05, 3.63) is 42.4 Å². The number of nitrogens with zero attached hydrogens (tertiary/aromatic N) is 2. The molecule has 2 aromatic heterocycles. The van der Waals surface area contributed by atoms with Gasteiger partial charge in [-0.2, -0.15) is 0 Å². The molecule has 98 valence electrons. The Bertz CT molecular complexity index is 459. The lowest BCUT2D eigenvalue weighted by Crippen LogP contribution is -2.23. The predicted octanol–water partition coefficient (Wildman–Crippen LogP) is 2.95. The van der Waals surface area contributed by atoms with Gasteiger partial charge in [0.1, 0.15) is 11.6 Å². The molecule has 0 aromatic carbocycles. The van der Waals surface area contributed by atoms with Gasteiger partial charge in [0, 0.05) is 31.4 Å². The highest BCUT2D eigenvalue weighted by Crippen LogP contribution is 2.13. The molecule has 1 N–H and O–H groups in total. The molecule has 0 aliphatic heterocycles. The molecule has 0 radical (unpaired) electrons. The standard InChI is InChI=1S/C14H21N3O/c1-11(2)14-16-7-9-17(14)8-6-15-12(3)13-5-4-10-18-13/h4-5,7,9-12,15H,6,8H2,1-3H3. The van der Waals surface area contributed by atoms with Crippen LogP contribution in [-0.4, -0.2) is 16.1 Å². The van der Waals surface area contributed by atoms with Crippen LogP contribution in [0.15, 0.2) is 35.2 Å². The predicted molar refractivity (Wildman–Crippen MR) is 71.4 cm³/mol. The molecule has 1 unspecified atom stereocenters. The molecule has 2 heterocycles. The number of aromatic nitrogens is 2. The van der Waals surface area contributed by atoms with E-state index in [2.05, 4.69) is 35.6 Å². The summed E-state index contributed by atoms with van der Waals surface area (Å²) in [7, 11) is 0. The van der Waals surface area contributed by atoms with Gasteiger partial charge in [0.05, 0.1) is 12.3 Å². The summed E-state index contributed by atoms with van der Waals surface area (Å²) in [5, 5.41) is 3.45. The van der Waals surface area contributed by atoms with E-state index in [4.69, 9.17) is 4.42 Å². The fraction of sp³-hybridized carbons (Fsp3) is 0.500. The molecule has 0 saturated carbocycles. The molecule has 1 atom stereocenters. The fourth-order valence-electron chi connectivity index (χ4n) is 2.05. The van der Waals surface area contributed by atoms with Crippen LogP contribution in [0.4, 0.5) is 0 Å². The summed E-state index contributed by atoms with van der Waals surface area (Å²) in [4.78, 5) is 4.38. The maximum Gasteiger partial charge on any atom is 0.120 e. The third-order valence-corrected chi connectivity index (χ3v) is 3.04. The van der Waals surface area contributed by atoms with E-state index in [1.807, 2.05) is 24.5 Å². The second kappa shape index (κ2) is 5.87. The lowest BCUT2D eigenvalue weighted by Gasteiger charge is -2.14. The number of furan rings is 1. The Morgan fingerprint density at radius 1 is 1.39 bits per heavy atom. The first-order chi connectivity index (χ1) is 8.68. The molecule has 18 heavy (non-hydrogen) atoms. The van der Waals surface area contributed by atoms with E-state index in [-0.39, 0.29) is 6.04 Å². The van der Waals surface area contributed by atoms with Crippen LogP contribution in [0, 0.1) is 0 Å². The minimum Gasteiger partial charge on any atom is -0.468 e. The summed E-state index contributed by atoms with van der Waals surface area (Å²) >= 11 is 0. The van der Waals surface area contributed by atoms with Crippen LogP contribution >= 0.6 is 0 Å². The summed E-state index contributed by atoms with van der Waals surface area (Å²) in [5.41, 5.74) is 0. The summed E-state index contributed by atoms with van der Waals surface area (Å²) in [6.45, 7) is 8.27. The summed E-state index contributed by atoms with van der Waals surface area (Å²) in [6.07, 6.45) is 5.61. The summed E-state index contributed by atoms with van der Waals surface area (Å²) in [5.74, 6) is 2.58. The number of hydrogen-bond acceptors (Lipinski definition) is 3. The van der Waals surface area contributed by atoms with Crippen LogP contribution in [0.1, 0.15) is 44.3 Å². The molecular formula is C14H21N3O. The van der Waals surface area contributed by atoms with Gasteiger partial charge in [-0.1, -0.05) is 13.8 Å². The van der Waals surface area contributed by atoms with Gasteiger partial charge in [0.2, 0.25) is 0 Å². The molecule has 0 aliphatic rings.